The van der Waals surface area contributed by atoms with Gasteiger partial charge in [-0.25, -0.2) is 0 Å². The Morgan fingerprint density at radius 3 is 0.820 bits per heavy atom. The van der Waals surface area contributed by atoms with Gasteiger partial charge in [0.15, 0.2) is 25.2 Å². The van der Waals surface area contributed by atoms with Gasteiger partial charge in [-0.15, -0.1) is 0 Å². The summed E-state index contributed by atoms with van der Waals surface area (Å²) in [5, 5.41) is 11.7. The molecule has 25 nitrogen and oxygen atoms in total. The van der Waals surface area contributed by atoms with Crippen molar-refractivity contribution in [2.24, 2.45) is 0 Å². The summed E-state index contributed by atoms with van der Waals surface area (Å²) in [7, 11) is 7.93. The Labute approximate surface area is 714 Å². The molecular formula is C97H116O25. The van der Waals surface area contributed by atoms with Gasteiger partial charge in [0, 0.05) is 61.2 Å². The lowest BCUT2D eigenvalue weighted by Gasteiger charge is -2.62. The fourth-order valence-corrected chi connectivity index (χ4v) is 18.3. The summed E-state index contributed by atoms with van der Waals surface area (Å²) in [5.41, 5.74) is 7.12. The van der Waals surface area contributed by atoms with Crippen molar-refractivity contribution >= 4 is 0 Å². The predicted molar refractivity (Wildman–Crippen MR) is 442 cm³/mol. The highest BCUT2D eigenvalue weighted by Crippen LogP contribution is 2.55. The number of benzene rings is 8. The molecule has 122 heavy (non-hydrogen) atoms. The van der Waals surface area contributed by atoms with Crippen molar-refractivity contribution < 1.29 is 119 Å². The van der Waals surface area contributed by atoms with Crippen LogP contribution < -0.4 is 0 Å². The lowest BCUT2D eigenvalue weighted by Crippen LogP contribution is -2.78. The average Bonchev–Trinajstić information content (AvgIpc) is 0.712. The molecule has 6 heterocycles. The van der Waals surface area contributed by atoms with E-state index in [4.69, 9.17) is 114 Å². The number of rotatable bonds is 39. The maximum atomic E-state index is 11.7. The molecule has 6 aliphatic heterocycles. The number of fused-ring (bicyclic) bond motifs is 4. The Balaban J connectivity index is 0.871. The zero-order chi connectivity index (χ0) is 83.6. The summed E-state index contributed by atoms with van der Waals surface area (Å²) in [6.07, 6.45) is -19.8. The molecule has 0 bridgehead atoms. The molecule has 8 aliphatic rings. The van der Waals surface area contributed by atoms with E-state index in [1.54, 1.807) is 28.4 Å². The molecule has 6 saturated heterocycles. The van der Waals surface area contributed by atoms with Crippen molar-refractivity contribution in [2.45, 2.75) is 250 Å². The predicted octanol–water partition coefficient (Wildman–Crippen LogP) is 13.3. The number of ether oxygens (including phenoxy) is 24. The first kappa shape index (κ1) is 88.2. The van der Waals surface area contributed by atoms with Gasteiger partial charge < -0.3 is 119 Å². The van der Waals surface area contributed by atoms with E-state index in [0.29, 0.717) is 44.9 Å². The van der Waals surface area contributed by atoms with Crippen LogP contribution in [0.2, 0.25) is 0 Å². The molecule has 0 amide bonds. The first-order valence-corrected chi connectivity index (χ1v) is 42.8. The molecule has 1 N–H and O–H groups in total. The molecule has 8 aromatic carbocycles. The minimum atomic E-state index is -1.63. The van der Waals surface area contributed by atoms with E-state index >= 15 is 0 Å². The van der Waals surface area contributed by atoms with E-state index in [9.17, 15) is 5.11 Å². The second-order valence-electron chi connectivity index (χ2n) is 32.3. The molecule has 16 rings (SSSR count). The number of aliphatic hydroxyl groups is 1. The number of aliphatic hydroxyl groups excluding tert-OH is 1. The molecule has 654 valence electrons. The summed E-state index contributed by atoms with van der Waals surface area (Å²) in [6, 6.07) is 79.0. The van der Waals surface area contributed by atoms with Crippen molar-refractivity contribution in [1.29, 1.82) is 0 Å². The minimum absolute atomic E-state index is 0.0137. The summed E-state index contributed by atoms with van der Waals surface area (Å²) in [5.74, 6) is -6.16. The van der Waals surface area contributed by atoms with E-state index in [1.165, 1.54) is 7.11 Å². The van der Waals surface area contributed by atoms with Gasteiger partial charge in [0.1, 0.15) is 97.7 Å². The van der Waals surface area contributed by atoms with Gasteiger partial charge >= 0.3 is 0 Å². The van der Waals surface area contributed by atoms with Crippen molar-refractivity contribution in [2.75, 3.05) is 62.0 Å². The molecule has 2 aliphatic carbocycles. The molecule has 8 aromatic rings. The molecule has 25 heteroatoms. The zero-order valence-corrected chi connectivity index (χ0v) is 70.0. The van der Waals surface area contributed by atoms with E-state index in [1.807, 2.05) is 243 Å². The normalized spacial score (nSPS) is 33.9. The van der Waals surface area contributed by atoms with Crippen LogP contribution in [0.4, 0.5) is 0 Å². The molecular weight excluding hydrogens is 1570 g/mol. The number of methoxy groups -OCH3 is 5. The van der Waals surface area contributed by atoms with Crippen LogP contribution in [0.25, 0.3) is 0 Å². The Morgan fingerprint density at radius 2 is 0.508 bits per heavy atom. The van der Waals surface area contributed by atoms with Gasteiger partial charge in [0.05, 0.1) is 79.3 Å². The van der Waals surface area contributed by atoms with E-state index < -0.39 is 153 Å². The maximum Gasteiger partial charge on any atom is 0.223 e. The monoisotopic (exact) mass is 1680 g/mol. The van der Waals surface area contributed by atoms with Crippen LogP contribution in [0.3, 0.4) is 0 Å². The molecule has 0 unspecified atom stereocenters. The number of hydrogen-bond acceptors (Lipinski definition) is 25. The van der Waals surface area contributed by atoms with Crippen LogP contribution >= 0.6 is 0 Å². The van der Waals surface area contributed by atoms with Crippen molar-refractivity contribution in [3.8, 4) is 0 Å². The maximum absolute atomic E-state index is 11.7. The first-order chi connectivity index (χ1) is 60.0. The summed E-state index contributed by atoms with van der Waals surface area (Å²) in [6.45, 7) is 0.381. The standard InChI is InChI=1S/C97H116O25/c1-99-90-87(111-62-73-48-28-13-29-49-73)83(78(74(54-98)112-90)107-58-69-40-20-9-21-41-69)116-92-88(84-80(76(114-92)64-105-56-67-36-16-7-17-37-67)119-94(100-2)50-30-32-52-96(94,102-4)121-84)118-93-89(85-81(77(115-93)65-106-57-68-38-18-8-19-39-68)120-95(101-3)51-31-33-53-97(95,103-5)122-85)117-91-86(110-61-72-46-26-12-27-47-72)82(109-60-71-44-24-11-25-45-71)79(108-59-70-42-22-10-23-43-70)75(113-91)63-104-55-66-34-14-6-15-35-66/h6-29,34-49,74-93,98H,30-33,50-65H2,1-5H3/t74-,75-,76-,77-,78-,79-,80-,81-,82+,83+,84+,85+,86+,87+,88+,89+,90+,91-,92-,93-,94+,95+,96+,97+/m1/s1. The summed E-state index contributed by atoms with van der Waals surface area (Å²) >= 11 is 0. The first-order valence-electron chi connectivity index (χ1n) is 42.8. The van der Waals surface area contributed by atoms with Gasteiger partial charge in [-0.2, -0.15) is 0 Å². The largest absolute Gasteiger partial charge is 0.394 e. The van der Waals surface area contributed by atoms with Crippen molar-refractivity contribution in [1.82, 2.24) is 0 Å². The average molecular weight is 1680 g/mol. The smallest absolute Gasteiger partial charge is 0.223 e. The van der Waals surface area contributed by atoms with Crippen LogP contribution in [0, 0.1) is 0 Å². The van der Waals surface area contributed by atoms with Gasteiger partial charge in [-0.1, -0.05) is 243 Å². The molecule has 2 saturated carbocycles. The van der Waals surface area contributed by atoms with Crippen LogP contribution in [0.5, 0.6) is 0 Å². The topological polar surface area (TPSA) is 242 Å². The minimum Gasteiger partial charge on any atom is -0.394 e. The van der Waals surface area contributed by atoms with Crippen LogP contribution in [0.1, 0.15) is 95.9 Å². The second kappa shape index (κ2) is 42.4. The SMILES string of the molecule is CO[C@H]1O[C@H](CO)[C@@H](OCc2ccccc2)[C@H](O[C@H]2O[C@H](COCc3ccccc3)[C@H]3O[C@@]4(OC)CCCC[C@]4(OC)O[C@@H]3[C@@H]2O[C@H]2O[C@H](COCc3ccccc3)[C@H]3O[C@@]4(OC)CCCC[C@]4(OC)O[C@@H]3[C@@H]2O[C@H]2O[C@H](COCc3ccccc3)[C@@H](OCc3ccccc3)[C@H](OCc3ccccc3)[C@@H]2OCc2ccccc2)[C@@H]1OCc1ccccc1. The molecule has 0 aromatic heterocycles. The third-order valence-corrected chi connectivity index (χ3v) is 24.6. The molecule has 0 spiro atoms. The number of hydrogen-bond donors (Lipinski definition) is 1. The van der Waals surface area contributed by atoms with Crippen LogP contribution in [-0.2, 0) is 167 Å². The highest BCUT2D eigenvalue weighted by atomic mass is 16.9. The van der Waals surface area contributed by atoms with Crippen molar-refractivity contribution in [3.05, 3.63) is 287 Å². The van der Waals surface area contributed by atoms with E-state index in [2.05, 4.69) is 0 Å². The van der Waals surface area contributed by atoms with Gasteiger partial charge in [0.2, 0.25) is 23.1 Å². The quantitative estimate of drug-likeness (QED) is 0.0376. The van der Waals surface area contributed by atoms with Gasteiger partial charge in [-0.3, -0.25) is 0 Å². The molecule has 8 fully saturated rings. The fraction of sp³-hybridized carbons (Fsp3) is 0.505. The molecule has 0 radical (unpaired) electrons. The Bertz CT molecular complexity index is 4320. The van der Waals surface area contributed by atoms with Gasteiger partial charge in [0.25, 0.3) is 0 Å². The third-order valence-electron chi connectivity index (χ3n) is 24.6. The van der Waals surface area contributed by atoms with E-state index in [0.717, 1.165) is 50.9 Å². The lowest BCUT2D eigenvalue weighted by molar-refractivity contribution is -0.516. The highest BCUT2D eigenvalue weighted by molar-refractivity contribution is 5.21. The second-order valence-corrected chi connectivity index (χ2v) is 32.3. The Morgan fingerprint density at radius 1 is 0.262 bits per heavy atom. The van der Waals surface area contributed by atoms with E-state index in [-0.39, 0.29) is 72.7 Å². The van der Waals surface area contributed by atoms with Gasteiger partial charge in [-0.05, 0) is 70.2 Å². The zero-order valence-electron chi connectivity index (χ0n) is 70.0. The lowest BCUT2D eigenvalue weighted by atomic mass is 9.83. The fourth-order valence-electron chi connectivity index (χ4n) is 18.3. The summed E-state index contributed by atoms with van der Waals surface area (Å²) in [4.78, 5) is 0. The highest BCUT2D eigenvalue weighted by Gasteiger charge is 2.71. The van der Waals surface area contributed by atoms with Crippen molar-refractivity contribution in [3.63, 3.8) is 0 Å². The summed E-state index contributed by atoms with van der Waals surface area (Å²) < 4.78 is 175. The van der Waals surface area contributed by atoms with Crippen LogP contribution in [-0.4, -0.2) is 213 Å². The third kappa shape index (κ3) is 20.2. The molecule has 24 atom stereocenters. The van der Waals surface area contributed by atoms with Crippen LogP contribution in [0.15, 0.2) is 243 Å². The Hall–Kier alpha value is -7.24. The Kier molecular flexibility index (Phi) is 30.6.